The molecular weight excluding hydrogens is 412 g/mol. The van der Waals surface area contributed by atoms with Crippen LogP contribution in [0.2, 0.25) is 0 Å². The lowest BCUT2D eigenvalue weighted by Gasteiger charge is -2.28. The molecule has 7 heteroatoms. The average Bonchev–Trinajstić information content (AvgIpc) is 2.79. The zero-order valence-electron chi connectivity index (χ0n) is 19.5. The molecule has 1 heterocycles. The summed E-state index contributed by atoms with van der Waals surface area (Å²) < 4.78 is 16.9. The van der Waals surface area contributed by atoms with Crippen LogP contribution in [-0.2, 0) is 27.4 Å². The number of carbonyl (C=O) groups is 2. The van der Waals surface area contributed by atoms with Crippen molar-refractivity contribution in [2.75, 3.05) is 7.11 Å². The molecule has 32 heavy (non-hydrogen) atoms. The van der Waals surface area contributed by atoms with Gasteiger partial charge in [-0.25, -0.2) is 0 Å². The Kier molecular flexibility index (Phi) is 8.78. The number of aryl methyl sites for hydroxylation is 1. The summed E-state index contributed by atoms with van der Waals surface area (Å²) in [4.78, 5) is 37.2. The molecule has 2 aromatic rings. The van der Waals surface area contributed by atoms with Crippen LogP contribution in [0.25, 0.3) is 0 Å². The summed E-state index contributed by atoms with van der Waals surface area (Å²) in [6.45, 7) is 8.57. The second-order valence-corrected chi connectivity index (χ2v) is 8.08. The zero-order chi connectivity index (χ0) is 24.0. The standard InChI is InChI=1S/C25H32O7/c1-7-21-14(2)20(26)12-22(32-21)15(3)23(27)16(4)24(17(5)25(28)29)31-13-18-8-10-19(30-6)11-9-18/h8-12,15-17,24H,7,13H2,1-6H3,(H,28,29)/t15-,16+,17+,24+/m0/s1. The van der Waals surface area contributed by atoms with Gasteiger partial charge in [0.25, 0.3) is 0 Å². The van der Waals surface area contributed by atoms with Gasteiger partial charge in [0.15, 0.2) is 5.43 Å². The topological polar surface area (TPSA) is 103 Å². The van der Waals surface area contributed by atoms with Crippen LogP contribution in [0.1, 0.15) is 56.3 Å². The van der Waals surface area contributed by atoms with E-state index in [4.69, 9.17) is 13.9 Å². The van der Waals surface area contributed by atoms with Gasteiger partial charge in [0, 0.05) is 24.0 Å². The van der Waals surface area contributed by atoms with Crippen LogP contribution in [0, 0.1) is 18.8 Å². The molecule has 0 fully saturated rings. The number of carboxylic acid groups (broad SMARTS) is 1. The molecule has 0 aliphatic heterocycles. The van der Waals surface area contributed by atoms with Crippen LogP contribution in [0.15, 0.2) is 39.5 Å². The van der Waals surface area contributed by atoms with Gasteiger partial charge in [-0.2, -0.15) is 0 Å². The largest absolute Gasteiger partial charge is 0.497 e. The number of ether oxygens (including phenoxy) is 2. The number of carboxylic acids is 1. The van der Waals surface area contributed by atoms with Crippen LogP contribution in [0.5, 0.6) is 5.75 Å². The zero-order valence-corrected chi connectivity index (χ0v) is 19.5. The second kappa shape index (κ2) is 11.1. The summed E-state index contributed by atoms with van der Waals surface area (Å²) in [5.41, 5.74) is 1.18. The molecule has 0 saturated carbocycles. The van der Waals surface area contributed by atoms with Crippen LogP contribution in [-0.4, -0.2) is 30.1 Å². The Morgan fingerprint density at radius 2 is 1.72 bits per heavy atom. The van der Waals surface area contributed by atoms with Crippen LogP contribution < -0.4 is 10.2 Å². The monoisotopic (exact) mass is 444 g/mol. The second-order valence-electron chi connectivity index (χ2n) is 8.08. The van der Waals surface area contributed by atoms with E-state index in [1.807, 2.05) is 19.1 Å². The Balaban J connectivity index is 2.24. The fourth-order valence-corrected chi connectivity index (χ4v) is 3.65. The number of ketones is 1. The molecule has 7 nitrogen and oxygen atoms in total. The van der Waals surface area contributed by atoms with Crippen molar-refractivity contribution in [1.82, 2.24) is 0 Å². The molecule has 0 aliphatic rings. The third-order valence-corrected chi connectivity index (χ3v) is 5.90. The molecule has 2 rings (SSSR count). The predicted molar refractivity (Wildman–Crippen MR) is 120 cm³/mol. The summed E-state index contributed by atoms with van der Waals surface area (Å²) in [5, 5.41) is 9.57. The normalized spacial score (nSPS) is 14.9. The SMILES string of the molecule is CCc1oc([C@H](C)C(=O)[C@@H](C)[C@@H](OCc2ccc(OC)cc2)[C@@H](C)C(=O)O)cc(=O)c1C. The minimum atomic E-state index is -1.05. The molecule has 174 valence electrons. The van der Waals surface area contributed by atoms with Gasteiger partial charge in [0.2, 0.25) is 0 Å². The van der Waals surface area contributed by atoms with Crippen LogP contribution in [0.3, 0.4) is 0 Å². The van der Waals surface area contributed by atoms with Gasteiger partial charge in [-0.05, 0) is 38.5 Å². The molecule has 0 spiro atoms. The quantitative estimate of drug-likeness (QED) is 0.556. The van der Waals surface area contributed by atoms with E-state index in [-0.39, 0.29) is 23.6 Å². The first-order valence-corrected chi connectivity index (χ1v) is 10.7. The maximum atomic E-state index is 13.3. The van der Waals surface area contributed by atoms with Gasteiger partial charge in [-0.1, -0.05) is 26.0 Å². The Morgan fingerprint density at radius 1 is 1.09 bits per heavy atom. The molecular formula is C25H32O7. The van der Waals surface area contributed by atoms with Gasteiger partial charge >= 0.3 is 5.97 Å². The van der Waals surface area contributed by atoms with Gasteiger partial charge in [-0.15, -0.1) is 0 Å². The number of benzene rings is 1. The molecule has 1 aromatic carbocycles. The first-order chi connectivity index (χ1) is 15.1. The Bertz CT molecular complexity index is 990. The van der Waals surface area contributed by atoms with Crippen molar-refractivity contribution in [3.63, 3.8) is 0 Å². The van der Waals surface area contributed by atoms with E-state index in [2.05, 4.69) is 0 Å². The van der Waals surface area contributed by atoms with Gasteiger partial charge < -0.3 is 19.0 Å². The summed E-state index contributed by atoms with van der Waals surface area (Å²) in [6.07, 6.45) is -0.318. The maximum Gasteiger partial charge on any atom is 0.308 e. The summed E-state index contributed by atoms with van der Waals surface area (Å²) in [5.74, 6) is -2.11. The van der Waals surface area contributed by atoms with Gasteiger partial charge in [-0.3, -0.25) is 14.4 Å². The highest BCUT2D eigenvalue weighted by Gasteiger charge is 2.36. The number of carbonyl (C=O) groups excluding carboxylic acids is 1. The first-order valence-electron chi connectivity index (χ1n) is 10.7. The van der Waals surface area contributed by atoms with Crippen molar-refractivity contribution in [1.29, 1.82) is 0 Å². The number of rotatable bonds is 11. The van der Waals surface area contributed by atoms with E-state index in [0.29, 0.717) is 23.5 Å². The number of hydrogen-bond donors (Lipinski definition) is 1. The maximum absolute atomic E-state index is 13.3. The lowest BCUT2D eigenvalue weighted by Crippen LogP contribution is -2.39. The third-order valence-electron chi connectivity index (χ3n) is 5.90. The van der Waals surface area contributed by atoms with Crippen molar-refractivity contribution in [2.24, 2.45) is 11.8 Å². The minimum absolute atomic E-state index is 0.151. The fraction of sp³-hybridized carbons (Fsp3) is 0.480. The van der Waals surface area contributed by atoms with E-state index < -0.39 is 29.8 Å². The summed E-state index contributed by atoms with van der Waals surface area (Å²) in [7, 11) is 1.57. The van der Waals surface area contributed by atoms with Crippen molar-refractivity contribution in [3.8, 4) is 5.75 Å². The van der Waals surface area contributed by atoms with Crippen molar-refractivity contribution in [2.45, 2.75) is 59.7 Å². The first kappa shape index (κ1) is 25.3. The van der Waals surface area contributed by atoms with E-state index in [1.54, 1.807) is 40.0 Å². The van der Waals surface area contributed by atoms with E-state index in [0.717, 1.165) is 5.56 Å². The van der Waals surface area contributed by atoms with Gasteiger partial charge in [0.05, 0.1) is 31.7 Å². The van der Waals surface area contributed by atoms with Crippen molar-refractivity contribution < 1.29 is 28.6 Å². The Labute approximate surface area is 188 Å². The highest BCUT2D eigenvalue weighted by atomic mass is 16.5. The van der Waals surface area contributed by atoms with E-state index in [1.165, 1.54) is 13.0 Å². The third kappa shape index (κ3) is 5.85. The predicted octanol–water partition coefficient (Wildman–Crippen LogP) is 4.13. The number of hydrogen-bond acceptors (Lipinski definition) is 6. The van der Waals surface area contributed by atoms with Crippen LogP contribution in [0.4, 0.5) is 0 Å². The van der Waals surface area contributed by atoms with Gasteiger partial charge in [0.1, 0.15) is 23.1 Å². The summed E-state index contributed by atoms with van der Waals surface area (Å²) >= 11 is 0. The smallest absolute Gasteiger partial charge is 0.308 e. The number of Topliss-reactive ketones (excluding diaryl/α,β-unsaturated/α-hetero) is 1. The highest BCUT2D eigenvalue weighted by Crippen LogP contribution is 2.27. The molecule has 0 amide bonds. The molecule has 0 aliphatic carbocycles. The van der Waals surface area contributed by atoms with E-state index in [9.17, 15) is 19.5 Å². The molecule has 0 radical (unpaired) electrons. The number of aliphatic carboxylic acids is 1. The molecule has 0 saturated heterocycles. The van der Waals surface area contributed by atoms with Crippen LogP contribution >= 0.6 is 0 Å². The van der Waals surface area contributed by atoms with Crippen molar-refractivity contribution in [3.05, 3.63) is 63.2 Å². The average molecular weight is 445 g/mol. The molecule has 1 aromatic heterocycles. The molecule has 0 unspecified atom stereocenters. The highest BCUT2D eigenvalue weighted by molar-refractivity contribution is 5.87. The Hall–Kier alpha value is -2.93. The van der Waals surface area contributed by atoms with E-state index >= 15 is 0 Å². The molecule has 4 atom stereocenters. The summed E-state index contributed by atoms with van der Waals surface area (Å²) in [6, 6.07) is 8.57. The lowest BCUT2D eigenvalue weighted by atomic mass is 9.84. The molecule has 1 N–H and O–H groups in total. The number of methoxy groups -OCH3 is 1. The fourth-order valence-electron chi connectivity index (χ4n) is 3.65. The van der Waals surface area contributed by atoms with Crippen molar-refractivity contribution >= 4 is 11.8 Å². The molecule has 0 bridgehead atoms. The Morgan fingerprint density at radius 3 is 2.25 bits per heavy atom. The lowest BCUT2D eigenvalue weighted by molar-refractivity contribution is -0.151. The minimum Gasteiger partial charge on any atom is -0.497 e.